The van der Waals surface area contributed by atoms with Crippen molar-refractivity contribution in [3.8, 4) is 0 Å². The van der Waals surface area contributed by atoms with Gasteiger partial charge in [-0.05, 0) is 50.8 Å². The van der Waals surface area contributed by atoms with Crippen LogP contribution in [0.5, 0.6) is 0 Å². The molecule has 1 aromatic carbocycles. The molecule has 1 saturated heterocycles. The Morgan fingerprint density at radius 3 is 2.82 bits per heavy atom. The van der Waals surface area contributed by atoms with Crippen molar-refractivity contribution in [1.29, 1.82) is 0 Å². The summed E-state index contributed by atoms with van der Waals surface area (Å²) < 4.78 is 0. The number of anilines is 1. The number of hydrogen-bond acceptors (Lipinski definition) is 2. The molecule has 0 aromatic heterocycles. The van der Waals surface area contributed by atoms with Crippen LogP contribution in [-0.2, 0) is 0 Å². The van der Waals surface area contributed by atoms with Crippen LogP contribution in [0.25, 0.3) is 0 Å². The van der Waals surface area contributed by atoms with Crippen molar-refractivity contribution in [1.82, 2.24) is 4.90 Å². The molecule has 1 aromatic rings. The molecular formula is C14H20N2O. The van der Waals surface area contributed by atoms with Crippen LogP contribution in [0.3, 0.4) is 0 Å². The van der Waals surface area contributed by atoms with Gasteiger partial charge >= 0.3 is 0 Å². The molecule has 0 radical (unpaired) electrons. The number of rotatable bonds is 1. The van der Waals surface area contributed by atoms with Gasteiger partial charge in [-0.3, -0.25) is 4.79 Å². The second-order valence-electron chi connectivity index (χ2n) is 4.91. The average Bonchev–Trinajstić information content (AvgIpc) is 2.32. The number of carbonyl (C=O) groups is 1. The number of nitrogens with two attached hydrogens (primary N) is 1. The van der Waals surface area contributed by atoms with Gasteiger partial charge in [0.05, 0.1) is 0 Å². The Labute approximate surface area is 103 Å². The highest BCUT2D eigenvalue weighted by Gasteiger charge is 2.24. The van der Waals surface area contributed by atoms with Crippen molar-refractivity contribution >= 4 is 11.6 Å². The molecule has 2 N–H and O–H groups in total. The molecule has 1 aliphatic rings. The summed E-state index contributed by atoms with van der Waals surface area (Å²) in [4.78, 5) is 14.3. The highest BCUT2D eigenvalue weighted by atomic mass is 16.2. The molecule has 0 saturated carbocycles. The number of aryl methyl sites for hydroxylation is 1. The van der Waals surface area contributed by atoms with Crippen LogP contribution in [-0.4, -0.2) is 23.4 Å². The lowest BCUT2D eigenvalue weighted by Crippen LogP contribution is -2.42. The first-order valence-corrected chi connectivity index (χ1v) is 6.26. The molecule has 0 aliphatic carbocycles. The summed E-state index contributed by atoms with van der Waals surface area (Å²) in [6.45, 7) is 4.94. The molecule has 0 spiro atoms. The van der Waals surface area contributed by atoms with Crippen LogP contribution < -0.4 is 5.73 Å². The van der Waals surface area contributed by atoms with Crippen molar-refractivity contribution in [2.45, 2.75) is 39.2 Å². The number of nitrogens with zero attached hydrogens (tertiary/aromatic N) is 1. The zero-order valence-electron chi connectivity index (χ0n) is 10.6. The zero-order valence-corrected chi connectivity index (χ0v) is 10.6. The Morgan fingerprint density at radius 2 is 2.18 bits per heavy atom. The predicted molar refractivity (Wildman–Crippen MR) is 69.9 cm³/mol. The van der Waals surface area contributed by atoms with Crippen molar-refractivity contribution in [2.24, 2.45) is 0 Å². The van der Waals surface area contributed by atoms with E-state index in [1.807, 2.05) is 24.0 Å². The SMILES string of the molecule is Cc1ccc(C(=O)N2CCCCC2C)cc1N. The zero-order chi connectivity index (χ0) is 12.4. The van der Waals surface area contributed by atoms with Gasteiger partial charge in [0.25, 0.3) is 5.91 Å². The monoisotopic (exact) mass is 232 g/mol. The summed E-state index contributed by atoms with van der Waals surface area (Å²) in [6, 6.07) is 5.92. The van der Waals surface area contributed by atoms with Crippen LogP contribution in [0.15, 0.2) is 18.2 Å². The van der Waals surface area contributed by atoms with E-state index in [1.54, 1.807) is 6.07 Å². The third kappa shape index (κ3) is 2.43. The number of hydrogen-bond donors (Lipinski definition) is 1. The molecule has 1 atom stereocenters. The molecule has 1 fully saturated rings. The van der Waals surface area contributed by atoms with Gasteiger partial charge in [0.1, 0.15) is 0 Å². The molecule has 0 bridgehead atoms. The van der Waals surface area contributed by atoms with Gasteiger partial charge in [0.2, 0.25) is 0 Å². The predicted octanol–water partition coefficient (Wildman–Crippen LogP) is 2.59. The third-order valence-electron chi connectivity index (χ3n) is 3.59. The largest absolute Gasteiger partial charge is 0.398 e. The molecule has 92 valence electrons. The van der Waals surface area contributed by atoms with Gasteiger partial charge in [-0.1, -0.05) is 6.07 Å². The topological polar surface area (TPSA) is 46.3 Å². The van der Waals surface area contributed by atoms with E-state index in [9.17, 15) is 4.79 Å². The second kappa shape index (κ2) is 4.78. The minimum atomic E-state index is 0.115. The van der Waals surface area contributed by atoms with Crippen LogP contribution >= 0.6 is 0 Å². The Kier molecular flexibility index (Phi) is 3.36. The molecule has 3 nitrogen and oxygen atoms in total. The summed E-state index contributed by atoms with van der Waals surface area (Å²) in [6.07, 6.45) is 3.44. The van der Waals surface area contributed by atoms with E-state index in [1.165, 1.54) is 6.42 Å². The molecular weight excluding hydrogens is 212 g/mol. The number of piperidine rings is 1. The molecule has 3 heteroatoms. The van der Waals surface area contributed by atoms with E-state index in [2.05, 4.69) is 6.92 Å². The highest BCUT2D eigenvalue weighted by Crippen LogP contribution is 2.21. The second-order valence-corrected chi connectivity index (χ2v) is 4.91. The summed E-state index contributed by atoms with van der Waals surface area (Å²) in [5.74, 6) is 0.115. The van der Waals surface area contributed by atoms with E-state index >= 15 is 0 Å². The normalized spacial score (nSPS) is 20.4. The Morgan fingerprint density at radius 1 is 1.41 bits per heavy atom. The first kappa shape index (κ1) is 12.0. The third-order valence-corrected chi connectivity index (χ3v) is 3.59. The molecule has 1 unspecified atom stereocenters. The van der Waals surface area contributed by atoms with Crippen LogP contribution in [0.2, 0.25) is 0 Å². The number of likely N-dealkylation sites (tertiary alicyclic amines) is 1. The molecule has 17 heavy (non-hydrogen) atoms. The summed E-state index contributed by atoms with van der Waals surface area (Å²) in [5.41, 5.74) is 8.28. The minimum absolute atomic E-state index is 0.115. The van der Waals surface area contributed by atoms with Crippen LogP contribution in [0.1, 0.15) is 42.1 Å². The minimum Gasteiger partial charge on any atom is -0.398 e. The Balaban J connectivity index is 2.21. The number of benzene rings is 1. The molecule has 2 rings (SSSR count). The van der Waals surface area contributed by atoms with E-state index in [-0.39, 0.29) is 5.91 Å². The van der Waals surface area contributed by atoms with Crippen LogP contribution in [0.4, 0.5) is 5.69 Å². The maximum absolute atomic E-state index is 12.3. The van der Waals surface area contributed by atoms with Gasteiger partial charge < -0.3 is 10.6 Å². The van der Waals surface area contributed by atoms with Crippen molar-refractivity contribution in [3.63, 3.8) is 0 Å². The summed E-state index contributed by atoms with van der Waals surface area (Å²) in [5, 5.41) is 0. The van der Waals surface area contributed by atoms with Gasteiger partial charge in [0.15, 0.2) is 0 Å². The Bertz CT molecular complexity index is 428. The lowest BCUT2D eigenvalue weighted by atomic mass is 10.0. The lowest BCUT2D eigenvalue weighted by Gasteiger charge is -2.33. The summed E-state index contributed by atoms with van der Waals surface area (Å²) >= 11 is 0. The summed E-state index contributed by atoms with van der Waals surface area (Å²) in [7, 11) is 0. The van der Waals surface area contributed by atoms with Gasteiger partial charge in [-0.25, -0.2) is 0 Å². The maximum Gasteiger partial charge on any atom is 0.254 e. The smallest absolute Gasteiger partial charge is 0.254 e. The maximum atomic E-state index is 12.3. The highest BCUT2D eigenvalue weighted by molar-refractivity contribution is 5.95. The van der Waals surface area contributed by atoms with Gasteiger partial charge in [-0.2, -0.15) is 0 Å². The fourth-order valence-corrected chi connectivity index (χ4v) is 2.34. The van der Waals surface area contributed by atoms with Crippen LogP contribution in [0, 0.1) is 6.92 Å². The fraction of sp³-hybridized carbons (Fsp3) is 0.500. The first-order chi connectivity index (χ1) is 8.09. The quantitative estimate of drug-likeness (QED) is 0.756. The number of carbonyl (C=O) groups excluding carboxylic acids is 1. The van der Waals surface area contributed by atoms with E-state index in [0.717, 1.165) is 24.9 Å². The van der Waals surface area contributed by atoms with Crippen molar-refractivity contribution in [3.05, 3.63) is 29.3 Å². The number of nitrogen functional groups attached to an aromatic ring is 1. The van der Waals surface area contributed by atoms with E-state index < -0.39 is 0 Å². The molecule has 1 aliphatic heterocycles. The van der Waals surface area contributed by atoms with Crippen molar-refractivity contribution < 1.29 is 4.79 Å². The first-order valence-electron chi connectivity index (χ1n) is 6.26. The lowest BCUT2D eigenvalue weighted by molar-refractivity contribution is 0.0635. The molecule has 1 amide bonds. The Hall–Kier alpha value is -1.51. The van der Waals surface area contributed by atoms with E-state index in [0.29, 0.717) is 17.3 Å². The fourth-order valence-electron chi connectivity index (χ4n) is 2.34. The van der Waals surface area contributed by atoms with E-state index in [4.69, 9.17) is 5.73 Å². The average molecular weight is 232 g/mol. The standard InChI is InChI=1S/C14H20N2O/c1-10-6-7-12(9-13(10)15)14(17)16-8-4-3-5-11(16)2/h6-7,9,11H,3-5,8,15H2,1-2H3. The van der Waals surface area contributed by atoms with Gasteiger partial charge in [-0.15, -0.1) is 0 Å². The van der Waals surface area contributed by atoms with Gasteiger partial charge in [0, 0.05) is 23.8 Å². The number of amides is 1. The van der Waals surface area contributed by atoms with Crippen molar-refractivity contribution in [2.75, 3.05) is 12.3 Å². The molecule has 1 heterocycles.